The molecule has 0 aliphatic carbocycles. The van der Waals surface area contributed by atoms with Crippen molar-refractivity contribution in [1.82, 2.24) is 9.62 Å². The van der Waals surface area contributed by atoms with Gasteiger partial charge in [0.2, 0.25) is 15.9 Å². The van der Waals surface area contributed by atoms with Crippen LogP contribution in [0.1, 0.15) is 24.1 Å². The van der Waals surface area contributed by atoms with E-state index in [-0.39, 0.29) is 24.0 Å². The maximum atomic E-state index is 13.6. The maximum absolute atomic E-state index is 13.6. The molecule has 3 aromatic rings. The summed E-state index contributed by atoms with van der Waals surface area (Å²) in [5.74, 6) is 1.17. The van der Waals surface area contributed by atoms with Gasteiger partial charge >= 0.3 is 0 Å². The largest absolute Gasteiger partial charge is 0.497 e. The second-order valence-corrected chi connectivity index (χ2v) is 10.1. The summed E-state index contributed by atoms with van der Waals surface area (Å²) in [6.45, 7) is 2.30. The monoisotopic (exact) mass is 496 g/mol. The quantitative estimate of drug-likeness (QED) is 0.487. The van der Waals surface area contributed by atoms with Crippen molar-refractivity contribution in [2.75, 3.05) is 26.9 Å². The summed E-state index contributed by atoms with van der Waals surface area (Å²) in [6.07, 6.45) is 0. The van der Waals surface area contributed by atoms with Crippen molar-refractivity contribution in [3.05, 3.63) is 83.9 Å². The number of benzene rings is 3. The fourth-order valence-corrected chi connectivity index (χ4v) is 5.17. The van der Waals surface area contributed by atoms with Crippen molar-refractivity contribution in [3.8, 4) is 17.2 Å². The molecule has 0 saturated heterocycles. The molecule has 0 spiro atoms. The minimum absolute atomic E-state index is 0.0358. The van der Waals surface area contributed by atoms with E-state index < -0.39 is 15.9 Å². The molecule has 1 aliphatic heterocycles. The molecule has 1 amide bonds. The lowest BCUT2D eigenvalue weighted by atomic mass is 10.1. The Kier molecular flexibility index (Phi) is 7.57. The third-order valence-electron chi connectivity index (χ3n) is 5.67. The van der Waals surface area contributed by atoms with Crippen molar-refractivity contribution in [2.45, 2.75) is 24.4 Å². The van der Waals surface area contributed by atoms with Crippen LogP contribution in [-0.2, 0) is 21.4 Å². The van der Waals surface area contributed by atoms with E-state index in [4.69, 9.17) is 14.2 Å². The topological polar surface area (TPSA) is 94.2 Å². The molecule has 0 saturated carbocycles. The van der Waals surface area contributed by atoms with Crippen LogP contribution in [0.4, 0.5) is 0 Å². The molecular weight excluding hydrogens is 468 g/mol. The van der Waals surface area contributed by atoms with E-state index in [0.717, 1.165) is 11.1 Å². The molecule has 0 radical (unpaired) electrons. The molecule has 1 atom stereocenters. The Hall–Kier alpha value is -3.56. The Morgan fingerprint density at radius 3 is 2.37 bits per heavy atom. The summed E-state index contributed by atoms with van der Waals surface area (Å²) in [5.41, 5.74) is 1.65. The molecule has 8 nitrogen and oxygen atoms in total. The number of amides is 1. The number of ether oxygens (including phenoxy) is 3. The molecule has 9 heteroatoms. The zero-order chi connectivity index (χ0) is 24.8. The van der Waals surface area contributed by atoms with Crippen LogP contribution in [-0.4, -0.2) is 45.5 Å². The highest BCUT2D eigenvalue weighted by Gasteiger charge is 2.29. The first kappa shape index (κ1) is 24.6. The Bertz CT molecular complexity index is 1260. The lowest BCUT2D eigenvalue weighted by Crippen LogP contribution is -2.41. The molecule has 1 aliphatic rings. The number of hydrogen-bond acceptors (Lipinski definition) is 6. The first-order chi connectivity index (χ1) is 16.9. The van der Waals surface area contributed by atoms with E-state index in [2.05, 4.69) is 5.32 Å². The van der Waals surface area contributed by atoms with Crippen LogP contribution >= 0.6 is 0 Å². The molecule has 35 heavy (non-hydrogen) atoms. The molecule has 0 aromatic heterocycles. The van der Waals surface area contributed by atoms with Gasteiger partial charge in [-0.15, -0.1) is 0 Å². The highest BCUT2D eigenvalue weighted by Crippen LogP contribution is 2.33. The predicted molar refractivity (Wildman–Crippen MR) is 131 cm³/mol. The van der Waals surface area contributed by atoms with Gasteiger partial charge in [-0.3, -0.25) is 4.79 Å². The minimum atomic E-state index is -4.02. The number of nitrogens with zero attached hydrogens (tertiary/aromatic N) is 1. The number of nitrogens with one attached hydrogen (secondary N) is 1. The van der Waals surface area contributed by atoms with E-state index >= 15 is 0 Å². The summed E-state index contributed by atoms with van der Waals surface area (Å²) in [6, 6.07) is 20.7. The van der Waals surface area contributed by atoms with Gasteiger partial charge < -0.3 is 19.5 Å². The number of methoxy groups -OCH3 is 1. The smallest absolute Gasteiger partial charge is 0.243 e. The normalized spacial score (nSPS) is 13.8. The number of hydrogen-bond donors (Lipinski definition) is 1. The third kappa shape index (κ3) is 5.93. The molecule has 0 fully saturated rings. The van der Waals surface area contributed by atoms with Gasteiger partial charge in [-0.25, -0.2) is 8.42 Å². The van der Waals surface area contributed by atoms with Gasteiger partial charge in [-0.1, -0.05) is 42.5 Å². The number of sulfonamides is 1. The number of fused-ring (bicyclic) bond motifs is 1. The zero-order valence-electron chi connectivity index (χ0n) is 19.6. The van der Waals surface area contributed by atoms with Crippen molar-refractivity contribution in [1.29, 1.82) is 0 Å². The van der Waals surface area contributed by atoms with Gasteiger partial charge in [0, 0.05) is 12.6 Å². The second kappa shape index (κ2) is 10.8. The standard InChI is InChI=1S/C26H28N2O6S/c1-19(21-8-10-22(32-2)11-9-21)27-26(29)18-28(17-20-6-4-3-5-7-20)35(30,31)23-12-13-24-25(16-23)34-15-14-33-24/h3-13,16,19H,14-15,17-18H2,1-2H3,(H,27,29)/t19-/m0/s1. The fraction of sp³-hybridized carbons (Fsp3) is 0.269. The van der Waals surface area contributed by atoms with E-state index in [0.29, 0.717) is 30.5 Å². The van der Waals surface area contributed by atoms with Gasteiger partial charge in [-0.05, 0) is 42.3 Å². The summed E-state index contributed by atoms with van der Waals surface area (Å²) >= 11 is 0. The highest BCUT2D eigenvalue weighted by atomic mass is 32.2. The van der Waals surface area contributed by atoms with Crippen LogP contribution in [0.25, 0.3) is 0 Å². The van der Waals surface area contributed by atoms with Gasteiger partial charge in [-0.2, -0.15) is 4.31 Å². The van der Waals surface area contributed by atoms with Gasteiger partial charge in [0.25, 0.3) is 0 Å². The Morgan fingerprint density at radius 2 is 1.69 bits per heavy atom. The van der Waals surface area contributed by atoms with Gasteiger partial charge in [0.15, 0.2) is 11.5 Å². The van der Waals surface area contributed by atoms with Crippen molar-refractivity contribution < 1.29 is 27.4 Å². The van der Waals surface area contributed by atoms with Crippen molar-refractivity contribution in [2.24, 2.45) is 0 Å². The van der Waals surface area contributed by atoms with Crippen LogP contribution in [0.3, 0.4) is 0 Å². The van der Waals surface area contributed by atoms with Crippen LogP contribution in [0.5, 0.6) is 17.2 Å². The highest BCUT2D eigenvalue weighted by molar-refractivity contribution is 7.89. The summed E-state index contributed by atoms with van der Waals surface area (Å²) in [5, 5.41) is 2.89. The number of carbonyl (C=O) groups excluding carboxylic acids is 1. The molecule has 184 valence electrons. The molecule has 0 bridgehead atoms. The van der Waals surface area contributed by atoms with Crippen molar-refractivity contribution in [3.63, 3.8) is 0 Å². The van der Waals surface area contributed by atoms with Crippen LogP contribution in [0.15, 0.2) is 77.7 Å². The maximum Gasteiger partial charge on any atom is 0.243 e. The Balaban J connectivity index is 1.55. The van der Waals surface area contributed by atoms with Crippen LogP contribution < -0.4 is 19.5 Å². The molecular formula is C26H28N2O6S. The SMILES string of the molecule is COc1ccc([C@H](C)NC(=O)CN(Cc2ccccc2)S(=O)(=O)c2ccc3c(c2)OCCO3)cc1. The Labute approximate surface area is 205 Å². The molecule has 3 aromatic carbocycles. The third-order valence-corrected chi connectivity index (χ3v) is 7.45. The average Bonchev–Trinajstić information content (AvgIpc) is 2.88. The van der Waals surface area contributed by atoms with Gasteiger partial charge in [0.05, 0.1) is 24.6 Å². The zero-order valence-corrected chi connectivity index (χ0v) is 20.5. The second-order valence-electron chi connectivity index (χ2n) is 8.13. The molecule has 1 N–H and O–H groups in total. The summed E-state index contributed by atoms with van der Waals surface area (Å²) in [4.78, 5) is 13.0. The predicted octanol–water partition coefficient (Wildman–Crippen LogP) is 3.53. The molecule has 1 heterocycles. The first-order valence-electron chi connectivity index (χ1n) is 11.2. The van der Waals surface area contributed by atoms with Crippen LogP contribution in [0.2, 0.25) is 0 Å². The molecule has 4 rings (SSSR count). The van der Waals surface area contributed by atoms with E-state index in [9.17, 15) is 13.2 Å². The van der Waals surface area contributed by atoms with E-state index in [1.54, 1.807) is 13.2 Å². The summed E-state index contributed by atoms with van der Waals surface area (Å²) < 4.78 is 44.7. The number of carbonyl (C=O) groups is 1. The van der Waals surface area contributed by atoms with Crippen LogP contribution in [0, 0.1) is 0 Å². The minimum Gasteiger partial charge on any atom is -0.497 e. The fourth-order valence-electron chi connectivity index (χ4n) is 3.77. The lowest BCUT2D eigenvalue weighted by Gasteiger charge is -2.24. The summed E-state index contributed by atoms with van der Waals surface area (Å²) in [7, 11) is -2.43. The molecule has 0 unspecified atom stereocenters. The average molecular weight is 497 g/mol. The Morgan fingerprint density at radius 1 is 1.00 bits per heavy atom. The van der Waals surface area contributed by atoms with Gasteiger partial charge in [0.1, 0.15) is 19.0 Å². The van der Waals surface area contributed by atoms with E-state index in [1.165, 1.54) is 16.4 Å². The van der Waals surface area contributed by atoms with Crippen molar-refractivity contribution >= 4 is 15.9 Å². The van der Waals surface area contributed by atoms with E-state index in [1.807, 2.05) is 61.5 Å². The number of rotatable bonds is 9. The first-order valence-corrected chi connectivity index (χ1v) is 12.7. The lowest BCUT2D eigenvalue weighted by molar-refractivity contribution is -0.122.